The molecule has 4 aromatic rings. The number of hydrogen-bond donors (Lipinski definition) is 0. The quantitative estimate of drug-likeness (QED) is 0.294. The maximum atomic E-state index is 14.0. The third-order valence-electron chi connectivity index (χ3n) is 6.78. The molecule has 0 spiro atoms. The third-order valence-corrected chi connectivity index (χ3v) is 7.22. The molecule has 0 radical (unpaired) electrons. The van der Waals surface area contributed by atoms with Crippen LogP contribution in [0.15, 0.2) is 53.1 Å². The van der Waals surface area contributed by atoms with Crippen molar-refractivity contribution < 1.29 is 13.6 Å². The van der Waals surface area contributed by atoms with Crippen molar-refractivity contribution in [1.29, 1.82) is 0 Å². The zero-order chi connectivity index (χ0) is 24.9. The second-order valence-electron chi connectivity index (χ2n) is 8.96. The standard InChI is InChI=1S/C27H25BrF2N4O/c1-4-21-13-22-25(32-33(3)26(22)17-10-19(29)12-20(30)11-17)24(5-2)34(21)27(35)15-6-7-23-16(8-15)9-18(28)14-31-23/h6-12,14,21,24H,4-5,13H2,1-3H3. The fourth-order valence-electron chi connectivity index (χ4n) is 5.25. The topological polar surface area (TPSA) is 51.0 Å². The Morgan fingerprint density at radius 1 is 1.09 bits per heavy atom. The Kier molecular flexibility index (Phi) is 6.17. The number of benzene rings is 2. The summed E-state index contributed by atoms with van der Waals surface area (Å²) in [5.74, 6) is -1.31. The number of fused-ring (bicyclic) bond motifs is 2. The first-order chi connectivity index (χ1) is 16.8. The van der Waals surface area contributed by atoms with Gasteiger partial charge >= 0.3 is 0 Å². The summed E-state index contributed by atoms with van der Waals surface area (Å²) in [6.07, 6.45) is 3.72. The van der Waals surface area contributed by atoms with Gasteiger partial charge in [-0.1, -0.05) is 13.8 Å². The molecule has 5 nitrogen and oxygen atoms in total. The third kappa shape index (κ3) is 4.14. The number of aryl methyl sites for hydroxylation is 1. The van der Waals surface area contributed by atoms with E-state index in [0.29, 0.717) is 29.7 Å². The molecule has 1 aliphatic rings. The van der Waals surface area contributed by atoms with Crippen molar-refractivity contribution in [2.24, 2.45) is 7.05 Å². The summed E-state index contributed by atoms with van der Waals surface area (Å²) in [5, 5.41) is 5.64. The van der Waals surface area contributed by atoms with Gasteiger partial charge < -0.3 is 4.90 Å². The molecule has 35 heavy (non-hydrogen) atoms. The van der Waals surface area contributed by atoms with Crippen LogP contribution in [0.5, 0.6) is 0 Å². The van der Waals surface area contributed by atoms with Crippen LogP contribution < -0.4 is 0 Å². The SMILES string of the molecule is CCC1Cc2c(nn(C)c2-c2cc(F)cc(F)c2)C(CC)N1C(=O)c1ccc2ncc(Br)cc2c1. The second-order valence-corrected chi connectivity index (χ2v) is 9.87. The lowest BCUT2D eigenvalue weighted by molar-refractivity contribution is 0.0513. The Labute approximate surface area is 210 Å². The van der Waals surface area contributed by atoms with Gasteiger partial charge in [-0.05, 0) is 71.6 Å². The van der Waals surface area contributed by atoms with E-state index < -0.39 is 11.6 Å². The predicted molar refractivity (Wildman–Crippen MR) is 135 cm³/mol. The van der Waals surface area contributed by atoms with Crippen molar-refractivity contribution in [3.63, 3.8) is 0 Å². The Morgan fingerprint density at radius 2 is 1.83 bits per heavy atom. The smallest absolute Gasteiger partial charge is 0.254 e. The number of aromatic nitrogens is 3. The van der Waals surface area contributed by atoms with Crippen molar-refractivity contribution in [2.75, 3.05) is 0 Å². The van der Waals surface area contributed by atoms with Crippen LogP contribution in [0.3, 0.4) is 0 Å². The number of nitrogens with zero attached hydrogens (tertiary/aromatic N) is 4. The van der Waals surface area contributed by atoms with E-state index >= 15 is 0 Å². The summed E-state index contributed by atoms with van der Waals surface area (Å²) in [7, 11) is 1.78. The molecule has 5 rings (SSSR count). The van der Waals surface area contributed by atoms with Crippen LogP contribution in [0.2, 0.25) is 0 Å². The number of carbonyl (C=O) groups excluding carboxylic acids is 1. The average Bonchev–Trinajstić information content (AvgIpc) is 3.16. The van der Waals surface area contributed by atoms with Crippen LogP contribution in [0.25, 0.3) is 22.2 Å². The zero-order valence-electron chi connectivity index (χ0n) is 19.7. The average molecular weight is 539 g/mol. The molecule has 0 saturated heterocycles. The number of amides is 1. The molecule has 1 amide bonds. The van der Waals surface area contributed by atoms with Gasteiger partial charge in [0, 0.05) is 51.9 Å². The van der Waals surface area contributed by atoms with Gasteiger partial charge in [-0.3, -0.25) is 14.5 Å². The first-order valence-electron chi connectivity index (χ1n) is 11.7. The van der Waals surface area contributed by atoms with Gasteiger partial charge in [0.1, 0.15) is 11.6 Å². The Morgan fingerprint density at radius 3 is 2.51 bits per heavy atom. The maximum absolute atomic E-state index is 14.0. The highest BCUT2D eigenvalue weighted by molar-refractivity contribution is 9.10. The van der Waals surface area contributed by atoms with Crippen LogP contribution in [0, 0.1) is 11.6 Å². The lowest BCUT2D eigenvalue weighted by atomic mass is 9.87. The summed E-state index contributed by atoms with van der Waals surface area (Å²) in [6, 6.07) is 10.7. The second kappa shape index (κ2) is 9.15. The van der Waals surface area contributed by atoms with E-state index in [-0.39, 0.29) is 18.0 Å². The first-order valence-corrected chi connectivity index (χ1v) is 12.5. The van der Waals surface area contributed by atoms with Crippen molar-refractivity contribution in [2.45, 2.75) is 45.2 Å². The molecule has 0 bridgehead atoms. The minimum absolute atomic E-state index is 0.0553. The minimum Gasteiger partial charge on any atom is -0.327 e. The molecule has 0 saturated carbocycles. The molecule has 1 aliphatic heterocycles. The molecular formula is C27H25BrF2N4O. The van der Waals surface area contributed by atoms with Gasteiger partial charge in [-0.25, -0.2) is 8.78 Å². The van der Waals surface area contributed by atoms with E-state index in [9.17, 15) is 13.6 Å². The lowest BCUT2D eigenvalue weighted by Gasteiger charge is -2.41. The summed E-state index contributed by atoms with van der Waals surface area (Å²) in [6.45, 7) is 4.09. The molecule has 0 N–H and O–H groups in total. The Balaban J connectivity index is 1.60. The molecule has 3 heterocycles. The molecule has 2 unspecified atom stereocenters. The van der Waals surface area contributed by atoms with E-state index in [0.717, 1.165) is 39.1 Å². The van der Waals surface area contributed by atoms with Crippen molar-refractivity contribution >= 4 is 32.7 Å². The van der Waals surface area contributed by atoms with Gasteiger partial charge in [0.05, 0.1) is 22.9 Å². The van der Waals surface area contributed by atoms with Crippen molar-refractivity contribution in [1.82, 2.24) is 19.7 Å². The zero-order valence-corrected chi connectivity index (χ0v) is 21.3. The number of pyridine rings is 1. The number of carbonyl (C=O) groups is 1. The minimum atomic E-state index is -0.626. The van der Waals surface area contributed by atoms with Crippen LogP contribution in [0.4, 0.5) is 8.78 Å². The number of hydrogen-bond acceptors (Lipinski definition) is 3. The predicted octanol–water partition coefficient (Wildman–Crippen LogP) is 6.60. The van der Waals surface area contributed by atoms with Gasteiger partial charge in [-0.2, -0.15) is 5.10 Å². The maximum Gasteiger partial charge on any atom is 0.254 e. The van der Waals surface area contributed by atoms with Gasteiger partial charge in [0.2, 0.25) is 0 Å². The van der Waals surface area contributed by atoms with Gasteiger partial charge in [0.15, 0.2) is 0 Å². The lowest BCUT2D eigenvalue weighted by Crippen LogP contribution is -2.47. The van der Waals surface area contributed by atoms with Gasteiger partial charge in [0.25, 0.3) is 5.91 Å². The van der Waals surface area contributed by atoms with Crippen LogP contribution >= 0.6 is 15.9 Å². The highest BCUT2D eigenvalue weighted by atomic mass is 79.9. The molecule has 0 aliphatic carbocycles. The Hall–Kier alpha value is -3.13. The monoisotopic (exact) mass is 538 g/mol. The molecule has 180 valence electrons. The normalized spacial score (nSPS) is 17.6. The summed E-state index contributed by atoms with van der Waals surface area (Å²) in [4.78, 5) is 20.2. The van der Waals surface area contributed by atoms with Crippen molar-refractivity contribution in [3.05, 3.63) is 81.6 Å². The number of halogens is 3. The van der Waals surface area contributed by atoms with E-state index in [1.165, 1.54) is 12.1 Å². The van der Waals surface area contributed by atoms with E-state index in [4.69, 9.17) is 5.10 Å². The fraction of sp³-hybridized carbons (Fsp3) is 0.296. The molecule has 2 aromatic carbocycles. The molecule has 8 heteroatoms. The number of rotatable bonds is 4. The van der Waals surface area contributed by atoms with Crippen LogP contribution in [0.1, 0.15) is 54.3 Å². The van der Waals surface area contributed by atoms with E-state index in [2.05, 4.69) is 27.8 Å². The molecular weight excluding hydrogens is 514 g/mol. The fourth-order valence-corrected chi connectivity index (χ4v) is 5.60. The van der Waals surface area contributed by atoms with Crippen molar-refractivity contribution in [3.8, 4) is 11.3 Å². The summed E-state index contributed by atoms with van der Waals surface area (Å²) in [5.41, 5.74) is 4.31. The molecule has 2 atom stereocenters. The van der Waals surface area contributed by atoms with Gasteiger partial charge in [-0.15, -0.1) is 0 Å². The summed E-state index contributed by atoms with van der Waals surface area (Å²) < 4.78 is 30.6. The molecule has 0 fully saturated rings. The summed E-state index contributed by atoms with van der Waals surface area (Å²) >= 11 is 3.45. The highest BCUT2D eigenvalue weighted by Crippen LogP contribution is 2.41. The van der Waals surface area contributed by atoms with Crippen LogP contribution in [-0.2, 0) is 13.5 Å². The van der Waals surface area contributed by atoms with E-state index in [1.807, 2.05) is 36.1 Å². The highest BCUT2D eigenvalue weighted by Gasteiger charge is 2.40. The Bertz CT molecular complexity index is 1430. The molecule has 2 aromatic heterocycles. The van der Waals surface area contributed by atoms with E-state index in [1.54, 1.807) is 17.9 Å². The first kappa shape index (κ1) is 23.6. The largest absolute Gasteiger partial charge is 0.327 e. The van der Waals surface area contributed by atoms with Crippen LogP contribution in [-0.4, -0.2) is 31.6 Å².